The predicted molar refractivity (Wildman–Crippen MR) is 79.5 cm³/mol. The third kappa shape index (κ3) is 4.48. The third-order valence-electron chi connectivity index (χ3n) is 2.43. The van der Waals surface area contributed by atoms with E-state index < -0.39 is 6.10 Å². The van der Waals surface area contributed by atoms with E-state index in [0.29, 0.717) is 9.47 Å². The second-order valence-corrected chi connectivity index (χ2v) is 6.16. The fourth-order valence-corrected chi connectivity index (χ4v) is 2.93. The highest BCUT2D eigenvalue weighted by Gasteiger charge is 2.10. The van der Waals surface area contributed by atoms with Crippen LogP contribution in [0.3, 0.4) is 0 Å². The summed E-state index contributed by atoms with van der Waals surface area (Å²) in [6.45, 7) is 0.182. The van der Waals surface area contributed by atoms with E-state index in [9.17, 15) is 9.90 Å². The zero-order chi connectivity index (χ0) is 14.4. The van der Waals surface area contributed by atoms with Gasteiger partial charge in [0.2, 0.25) is 11.0 Å². The van der Waals surface area contributed by atoms with Crippen LogP contribution in [0.25, 0.3) is 0 Å². The van der Waals surface area contributed by atoms with Crippen molar-refractivity contribution in [1.82, 2.24) is 15.5 Å². The average molecular weight is 310 g/mol. The van der Waals surface area contributed by atoms with E-state index in [1.54, 1.807) is 0 Å². The summed E-state index contributed by atoms with van der Waals surface area (Å²) in [5.74, 6) is 0.0506. The highest BCUT2D eigenvalue weighted by molar-refractivity contribution is 8.01. The molecule has 1 aromatic heterocycles. The molecule has 20 heavy (non-hydrogen) atoms. The largest absolute Gasteiger partial charge is 0.387 e. The van der Waals surface area contributed by atoms with Gasteiger partial charge >= 0.3 is 0 Å². The summed E-state index contributed by atoms with van der Waals surface area (Å²) in [7, 11) is 0. The number of hydrogen-bond donors (Lipinski definition) is 3. The summed E-state index contributed by atoms with van der Waals surface area (Å²) >= 11 is 2.51. The maximum Gasteiger partial charge on any atom is 0.230 e. The van der Waals surface area contributed by atoms with Crippen molar-refractivity contribution in [1.29, 1.82) is 0 Å². The van der Waals surface area contributed by atoms with E-state index in [-0.39, 0.29) is 18.2 Å². The van der Waals surface area contributed by atoms with Crippen molar-refractivity contribution in [3.05, 3.63) is 35.9 Å². The number of rotatable bonds is 6. The molecule has 6 nitrogen and oxygen atoms in total. The van der Waals surface area contributed by atoms with E-state index in [0.717, 1.165) is 5.56 Å². The molecular formula is C12H14N4O2S2. The monoisotopic (exact) mass is 310 g/mol. The highest BCUT2D eigenvalue weighted by Crippen LogP contribution is 2.23. The molecule has 0 saturated heterocycles. The van der Waals surface area contributed by atoms with Gasteiger partial charge in [-0.15, -0.1) is 10.2 Å². The molecule has 4 N–H and O–H groups in total. The minimum atomic E-state index is -0.706. The zero-order valence-corrected chi connectivity index (χ0v) is 12.2. The second-order valence-electron chi connectivity index (χ2n) is 3.93. The van der Waals surface area contributed by atoms with E-state index >= 15 is 0 Å². The predicted octanol–water partition coefficient (Wildman–Crippen LogP) is 1.06. The standard InChI is InChI=1S/C12H14N4O2S2/c13-11-15-16-12(20-11)19-7-10(18)14-6-9(17)8-4-2-1-3-5-8/h1-5,9,17H,6-7H2,(H2,13,15)(H,14,18). The molecule has 106 valence electrons. The minimum absolute atomic E-state index is 0.168. The number of hydrogen-bond acceptors (Lipinski definition) is 7. The number of aromatic nitrogens is 2. The molecule has 0 saturated carbocycles. The molecule has 1 unspecified atom stereocenters. The molecule has 0 aliphatic heterocycles. The van der Waals surface area contributed by atoms with Gasteiger partial charge in [-0.05, 0) is 5.56 Å². The highest BCUT2D eigenvalue weighted by atomic mass is 32.2. The van der Waals surface area contributed by atoms with Crippen LogP contribution < -0.4 is 11.1 Å². The number of thioether (sulfide) groups is 1. The average Bonchev–Trinajstić information content (AvgIpc) is 2.89. The van der Waals surface area contributed by atoms with Gasteiger partial charge in [0.15, 0.2) is 4.34 Å². The van der Waals surface area contributed by atoms with Gasteiger partial charge in [-0.25, -0.2) is 0 Å². The number of nitrogens with zero attached hydrogens (tertiary/aromatic N) is 2. The maximum absolute atomic E-state index is 11.6. The molecule has 2 rings (SSSR count). The quantitative estimate of drug-likeness (QED) is 0.690. The van der Waals surface area contributed by atoms with Crippen LogP contribution in [-0.4, -0.2) is 33.5 Å². The number of carbonyl (C=O) groups is 1. The Kier molecular flexibility index (Phi) is 5.33. The van der Waals surface area contributed by atoms with Crippen molar-refractivity contribution in [2.75, 3.05) is 18.0 Å². The summed E-state index contributed by atoms with van der Waals surface area (Å²) in [5.41, 5.74) is 6.22. The van der Waals surface area contributed by atoms with Gasteiger partial charge in [-0.1, -0.05) is 53.4 Å². The molecule has 2 aromatic rings. The normalized spacial score (nSPS) is 12.1. The Bertz CT molecular complexity index is 562. The van der Waals surface area contributed by atoms with Crippen LogP contribution in [0.2, 0.25) is 0 Å². The van der Waals surface area contributed by atoms with Crippen LogP contribution in [0, 0.1) is 0 Å². The molecule has 1 amide bonds. The van der Waals surface area contributed by atoms with Crippen LogP contribution >= 0.6 is 23.1 Å². The molecule has 1 heterocycles. The smallest absolute Gasteiger partial charge is 0.230 e. The van der Waals surface area contributed by atoms with Gasteiger partial charge in [-0.3, -0.25) is 4.79 Å². The van der Waals surface area contributed by atoms with Crippen molar-refractivity contribution in [2.45, 2.75) is 10.4 Å². The summed E-state index contributed by atoms with van der Waals surface area (Å²) < 4.78 is 0.654. The Hall–Kier alpha value is -1.64. The van der Waals surface area contributed by atoms with Crippen molar-refractivity contribution < 1.29 is 9.90 Å². The summed E-state index contributed by atoms with van der Waals surface area (Å²) in [6, 6.07) is 9.19. The molecule has 1 aromatic carbocycles. The maximum atomic E-state index is 11.6. The molecule has 0 spiro atoms. The van der Waals surface area contributed by atoms with Crippen molar-refractivity contribution in [3.8, 4) is 0 Å². The minimum Gasteiger partial charge on any atom is -0.387 e. The summed E-state index contributed by atoms with van der Waals surface area (Å²) in [6.07, 6.45) is -0.706. The molecule has 1 atom stereocenters. The molecule has 0 aliphatic rings. The number of aliphatic hydroxyl groups is 1. The molecule has 8 heteroatoms. The lowest BCUT2D eigenvalue weighted by molar-refractivity contribution is -0.119. The van der Waals surface area contributed by atoms with Gasteiger partial charge in [0.25, 0.3) is 0 Å². The fraction of sp³-hybridized carbons (Fsp3) is 0.250. The Labute approximate surface area is 124 Å². The Morgan fingerprint density at radius 2 is 2.15 bits per heavy atom. The second kappa shape index (κ2) is 7.22. The summed E-state index contributed by atoms with van der Waals surface area (Å²) in [5, 5.41) is 20.4. The summed E-state index contributed by atoms with van der Waals surface area (Å²) in [4.78, 5) is 11.6. The van der Waals surface area contributed by atoms with Gasteiger partial charge < -0.3 is 16.2 Å². The van der Waals surface area contributed by atoms with Crippen molar-refractivity contribution >= 4 is 34.1 Å². The number of nitrogens with two attached hydrogens (primary N) is 1. The Morgan fingerprint density at radius 1 is 1.40 bits per heavy atom. The fourth-order valence-electron chi connectivity index (χ4n) is 1.46. The Balaban J connectivity index is 1.72. The lowest BCUT2D eigenvalue weighted by atomic mass is 10.1. The molecule has 0 radical (unpaired) electrons. The molecule has 0 fully saturated rings. The van der Waals surface area contributed by atoms with Gasteiger partial charge in [0.05, 0.1) is 11.9 Å². The van der Waals surface area contributed by atoms with Crippen LogP contribution in [0.4, 0.5) is 5.13 Å². The number of amides is 1. The zero-order valence-electron chi connectivity index (χ0n) is 10.5. The number of carbonyl (C=O) groups excluding carboxylic acids is 1. The van der Waals surface area contributed by atoms with Crippen LogP contribution in [0.1, 0.15) is 11.7 Å². The first-order chi connectivity index (χ1) is 9.65. The number of anilines is 1. The topological polar surface area (TPSA) is 101 Å². The van der Waals surface area contributed by atoms with E-state index in [4.69, 9.17) is 5.73 Å². The van der Waals surface area contributed by atoms with Gasteiger partial charge in [0.1, 0.15) is 0 Å². The van der Waals surface area contributed by atoms with E-state index in [1.165, 1.54) is 23.1 Å². The number of aliphatic hydroxyl groups excluding tert-OH is 1. The first-order valence-corrected chi connectivity index (χ1v) is 7.67. The van der Waals surface area contributed by atoms with Crippen LogP contribution in [0.15, 0.2) is 34.7 Å². The van der Waals surface area contributed by atoms with Crippen molar-refractivity contribution in [2.24, 2.45) is 0 Å². The van der Waals surface area contributed by atoms with Crippen LogP contribution in [0.5, 0.6) is 0 Å². The molecule has 0 bridgehead atoms. The lowest BCUT2D eigenvalue weighted by Crippen LogP contribution is -2.29. The number of nitrogens with one attached hydrogen (secondary N) is 1. The molecule has 0 aliphatic carbocycles. The van der Waals surface area contributed by atoms with E-state index in [2.05, 4.69) is 15.5 Å². The lowest BCUT2D eigenvalue weighted by Gasteiger charge is -2.11. The van der Waals surface area contributed by atoms with Gasteiger partial charge in [-0.2, -0.15) is 0 Å². The van der Waals surface area contributed by atoms with Crippen LogP contribution in [-0.2, 0) is 4.79 Å². The SMILES string of the molecule is Nc1nnc(SCC(=O)NCC(O)c2ccccc2)s1. The Morgan fingerprint density at radius 3 is 2.80 bits per heavy atom. The van der Waals surface area contributed by atoms with E-state index in [1.807, 2.05) is 30.3 Å². The molecular weight excluding hydrogens is 296 g/mol. The first kappa shape index (κ1) is 14.8. The first-order valence-electron chi connectivity index (χ1n) is 5.86. The third-order valence-corrected chi connectivity index (χ3v) is 4.31. The van der Waals surface area contributed by atoms with Gasteiger partial charge in [0, 0.05) is 6.54 Å². The van der Waals surface area contributed by atoms with Crippen molar-refractivity contribution in [3.63, 3.8) is 0 Å². The number of nitrogen functional groups attached to an aromatic ring is 1. The number of benzene rings is 1.